The van der Waals surface area contributed by atoms with Gasteiger partial charge in [0, 0.05) is 13.5 Å². The summed E-state index contributed by atoms with van der Waals surface area (Å²) in [5, 5.41) is 2.64. The molecule has 0 atom stereocenters. The number of unbranched alkanes of at least 4 members (excludes halogenated alkanes) is 1. The van der Waals surface area contributed by atoms with Gasteiger partial charge in [-0.15, -0.1) is 0 Å². The van der Waals surface area contributed by atoms with Crippen molar-refractivity contribution in [1.82, 2.24) is 5.32 Å². The van der Waals surface area contributed by atoms with Gasteiger partial charge in [-0.05, 0) is 12.8 Å². The summed E-state index contributed by atoms with van der Waals surface area (Å²) < 4.78 is 4.45. The molecular weight excluding hydrogens is 146 g/mol. The minimum atomic E-state index is -0.0266. The Hall–Kier alpha value is -1.06. The van der Waals surface area contributed by atoms with Crippen LogP contribution in [-0.2, 0) is 14.3 Å². The van der Waals surface area contributed by atoms with Crippen molar-refractivity contribution in [3.05, 3.63) is 0 Å². The number of hydrogen-bond donors (Lipinski definition) is 1. The first-order valence-corrected chi connectivity index (χ1v) is 3.57. The molecule has 0 unspecified atom stereocenters. The van der Waals surface area contributed by atoms with E-state index in [0.29, 0.717) is 19.6 Å². The highest BCUT2D eigenvalue weighted by atomic mass is 16.5. The topological polar surface area (TPSA) is 55.4 Å². The Bertz CT molecular complexity index is 125. The number of ether oxygens (including phenoxy) is 1. The van der Waals surface area contributed by atoms with Crippen LogP contribution in [0.3, 0.4) is 0 Å². The SMILES string of the molecule is CC(=O)NCCCCOC=O. The zero-order valence-corrected chi connectivity index (χ0v) is 6.63. The van der Waals surface area contributed by atoms with Gasteiger partial charge in [0.2, 0.25) is 5.91 Å². The van der Waals surface area contributed by atoms with Crippen molar-refractivity contribution in [2.45, 2.75) is 19.8 Å². The van der Waals surface area contributed by atoms with E-state index in [4.69, 9.17) is 0 Å². The lowest BCUT2D eigenvalue weighted by atomic mass is 10.3. The summed E-state index contributed by atoms with van der Waals surface area (Å²) in [4.78, 5) is 20.0. The highest BCUT2D eigenvalue weighted by Gasteiger charge is 1.90. The molecule has 0 rings (SSSR count). The largest absolute Gasteiger partial charge is 0.468 e. The number of nitrogens with one attached hydrogen (secondary N) is 1. The summed E-state index contributed by atoms with van der Waals surface area (Å²) in [7, 11) is 0. The predicted molar refractivity (Wildman–Crippen MR) is 39.9 cm³/mol. The molecular formula is C7H13NO3. The van der Waals surface area contributed by atoms with E-state index < -0.39 is 0 Å². The fourth-order valence-corrected chi connectivity index (χ4v) is 0.623. The number of amides is 1. The van der Waals surface area contributed by atoms with E-state index in [1.165, 1.54) is 6.92 Å². The van der Waals surface area contributed by atoms with Crippen LogP contribution in [0, 0.1) is 0 Å². The van der Waals surface area contributed by atoms with Gasteiger partial charge < -0.3 is 10.1 Å². The molecule has 1 amide bonds. The van der Waals surface area contributed by atoms with Crippen molar-refractivity contribution >= 4 is 12.4 Å². The summed E-state index contributed by atoms with van der Waals surface area (Å²) in [5.41, 5.74) is 0. The van der Waals surface area contributed by atoms with E-state index in [1.54, 1.807) is 0 Å². The summed E-state index contributed by atoms with van der Waals surface area (Å²) in [6.45, 7) is 2.99. The second-order valence-corrected chi connectivity index (χ2v) is 2.16. The van der Waals surface area contributed by atoms with Crippen molar-refractivity contribution in [3.8, 4) is 0 Å². The monoisotopic (exact) mass is 159 g/mol. The third-order valence-corrected chi connectivity index (χ3v) is 1.13. The van der Waals surface area contributed by atoms with E-state index in [0.717, 1.165) is 12.8 Å². The maximum absolute atomic E-state index is 10.3. The predicted octanol–water partition coefficient (Wildman–Crippen LogP) is 0.0757. The van der Waals surface area contributed by atoms with E-state index in [1.807, 2.05) is 0 Å². The van der Waals surface area contributed by atoms with Gasteiger partial charge in [-0.2, -0.15) is 0 Å². The molecule has 0 saturated heterocycles. The van der Waals surface area contributed by atoms with Gasteiger partial charge in [0.15, 0.2) is 0 Å². The Morgan fingerprint density at radius 3 is 2.82 bits per heavy atom. The average Bonchev–Trinajstić information content (AvgIpc) is 1.96. The van der Waals surface area contributed by atoms with Crippen LogP contribution < -0.4 is 5.32 Å². The van der Waals surface area contributed by atoms with Gasteiger partial charge >= 0.3 is 0 Å². The van der Waals surface area contributed by atoms with Crippen molar-refractivity contribution in [2.75, 3.05) is 13.2 Å². The third-order valence-electron chi connectivity index (χ3n) is 1.13. The molecule has 0 aliphatic carbocycles. The molecule has 0 spiro atoms. The van der Waals surface area contributed by atoms with Crippen LogP contribution in [-0.4, -0.2) is 25.5 Å². The van der Waals surface area contributed by atoms with Gasteiger partial charge in [0.25, 0.3) is 6.47 Å². The Labute approximate surface area is 65.9 Å². The van der Waals surface area contributed by atoms with Crippen LogP contribution in [0.5, 0.6) is 0 Å². The van der Waals surface area contributed by atoms with E-state index in [2.05, 4.69) is 10.1 Å². The zero-order chi connectivity index (χ0) is 8.53. The first-order valence-electron chi connectivity index (χ1n) is 3.57. The minimum absolute atomic E-state index is 0.0266. The van der Waals surface area contributed by atoms with Crippen molar-refractivity contribution in [1.29, 1.82) is 0 Å². The van der Waals surface area contributed by atoms with Crippen LogP contribution in [0.25, 0.3) is 0 Å². The molecule has 0 heterocycles. The molecule has 4 nitrogen and oxygen atoms in total. The van der Waals surface area contributed by atoms with Gasteiger partial charge in [0.1, 0.15) is 0 Å². The fraction of sp³-hybridized carbons (Fsp3) is 0.714. The zero-order valence-electron chi connectivity index (χ0n) is 6.63. The van der Waals surface area contributed by atoms with Crippen molar-refractivity contribution < 1.29 is 14.3 Å². The molecule has 11 heavy (non-hydrogen) atoms. The quantitative estimate of drug-likeness (QED) is 0.441. The van der Waals surface area contributed by atoms with Crippen LogP contribution in [0.4, 0.5) is 0 Å². The van der Waals surface area contributed by atoms with Gasteiger partial charge in [-0.3, -0.25) is 9.59 Å². The van der Waals surface area contributed by atoms with Crippen molar-refractivity contribution in [2.24, 2.45) is 0 Å². The van der Waals surface area contributed by atoms with E-state index in [-0.39, 0.29) is 5.91 Å². The molecule has 4 heteroatoms. The third kappa shape index (κ3) is 8.94. The standard InChI is InChI=1S/C7H13NO3/c1-7(10)8-4-2-3-5-11-6-9/h6H,2-5H2,1H3,(H,8,10). The lowest BCUT2D eigenvalue weighted by Gasteiger charge is -2.00. The highest BCUT2D eigenvalue weighted by molar-refractivity contribution is 5.72. The smallest absolute Gasteiger partial charge is 0.293 e. The van der Waals surface area contributed by atoms with Gasteiger partial charge in [-0.25, -0.2) is 0 Å². The second kappa shape index (κ2) is 7.05. The molecule has 0 aromatic carbocycles. The summed E-state index contributed by atoms with van der Waals surface area (Å²) >= 11 is 0. The molecule has 0 saturated carbocycles. The molecule has 0 fully saturated rings. The maximum atomic E-state index is 10.3. The lowest BCUT2D eigenvalue weighted by Crippen LogP contribution is -2.21. The molecule has 64 valence electrons. The van der Waals surface area contributed by atoms with Crippen LogP contribution in [0.2, 0.25) is 0 Å². The van der Waals surface area contributed by atoms with Gasteiger partial charge in [-0.1, -0.05) is 0 Å². The summed E-state index contributed by atoms with van der Waals surface area (Å²) in [6.07, 6.45) is 1.63. The molecule has 1 N–H and O–H groups in total. The van der Waals surface area contributed by atoms with Crippen LogP contribution >= 0.6 is 0 Å². The Morgan fingerprint density at radius 2 is 2.27 bits per heavy atom. The number of hydrogen-bond acceptors (Lipinski definition) is 3. The first kappa shape index (κ1) is 9.94. The second-order valence-electron chi connectivity index (χ2n) is 2.16. The minimum Gasteiger partial charge on any atom is -0.468 e. The molecule has 0 aliphatic heterocycles. The Kier molecular flexibility index (Phi) is 6.37. The molecule has 0 radical (unpaired) electrons. The van der Waals surface area contributed by atoms with E-state index >= 15 is 0 Å². The number of carbonyl (C=O) groups excluding carboxylic acids is 2. The highest BCUT2D eigenvalue weighted by Crippen LogP contribution is 1.86. The van der Waals surface area contributed by atoms with Crippen LogP contribution in [0.1, 0.15) is 19.8 Å². The maximum Gasteiger partial charge on any atom is 0.293 e. The number of carbonyl (C=O) groups is 2. The van der Waals surface area contributed by atoms with Gasteiger partial charge in [0.05, 0.1) is 6.61 Å². The fourth-order valence-electron chi connectivity index (χ4n) is 0.623. The molecule has 0 aromatic rings. The lowest BCUT2D eigenvalue weighted by molar-refractivity contribution is -0.129. The van der Waals surface area contributed by atoms with Crippen LogP contribution in [0.15, 0.2) is 0 Å². The molecule has 0 bridgehead atoms. The Balaban J connectivity index is 2.90. The summed E-state index contributed by atoms with van der Waals surface area (Å²) in [6, 6.07) is 0. The average molecular weight is 159 g/mol. The van der Waals surface area contributed by atoms with E-state index in [9.17, 15) is 9.59 Å². The Morgan fingerprint density at radius 1 is 1.55 bits per heavy atom. The molecule has 0 aliphatic rings. The normalized spacial score (nSPS) is 8.82. The summed E-state index contributed by atoms with van der Waals surface area (Å²) in [5.74, 6) is -0.0266. The van der Waals surface area contributed by atoms with Crippen molar-refractivity contribution in [3.63, 3.8) is 0 Å². The number of rotatable bonds is 6. The first-order chi connectivity index (χ1) is 5.27. The molecule has 0 aromatic heterocycles.